The molecule has 0 radical (unpaired) electrons. The van der Waals surface area contributed by atoms with Gasteiger partial charge in [-0.1, -0.05) is 34.1 Å². The number of hydrogen-bond donors (Lipinski definition) is 1. The molecule has 0 saturated heterocycles. The van der Waals surface area contributed by atoms with Gasteiger partial charge in [0.05, 0.1) is 8.66 Å². The van der Waals surface area contributed by atoms with E-state index in [1.165, 1.54) is 11.3 Å². The largest absolute Gasteiger partial charge is 0.347 e. The lowest BCUT2D eigenvalue weighted by molar-refractivity contribution is 0.0955. The molecular weight excluding hydrogens is 378 g/mol. The van der Waals surface area contributed by atoms with Crippen LogP contribution in [0.1, 0.15) is 20.8 Å². The van der Waals surface area contributed by atoms with Crippen LogP contribution in [0.4, 0.5) is 0 Å². The zero-order chi connectivity index (χ0) is 13.1. The van der Waals surface area contributed by atoms with Gasteiger partial charge in [0.25, 0.3) is 5.91 Å². The zero-order valence-electron chi connectivity index (χ0n) is 9.67. The smallest absolute Gasteiger partial charge is 0.261 e. The standard InChI is InChI=1S/C13H11Br2NOS/c1-8-6-11(18-12(8)15)13(17)16-7-9-4-2-3-5-10(9)14/h2-6H,7H2,1H3,(H,16,17). The van der Waals surface area contributed by atoms with E-state index in [-0.39, 0.29) is 5.91 Å². The molecule has 0 aliphatic rings. The Hall–Kier alpha value is -0.650. The molecule has 0 spiro atoms. The normalized spacial score (nSPS) is 10.4. The quantitative estimate of drug-likeness (QED) is 0.823. The number of benzene rings is 1. The molecule has 5 heteroatoms. The predicted octanol–water partition coefficient (Wildman–Crippen LogP) is 4.51. The summed E-state index contributed by atoms with van der Waals surface area (Å²) in [4.78, 5) is 12.7. The van der Waals surface area contributed by atoms with Crippen LogP contribution >= 0.6 is 43.2 Å². The number of aryl methyl sites for hydroxylation is 1. The number of amides is 1. The molecule has 1 aromatic heterocycles. The summed E-state index contributed by atoms with van der Waals surface area (Å²) >= 11 is 8.34. The Labute approximate surface area is 127 Å². The number of nitrogens with one attached hydrogen (secondary N) is 1. The van der Waals surface area contributed by atoms with Crippen molar-refractivity contribution in [2.75, 3.05) is 0 Å². The molecule has 94 valence electrons. The minimum absolute atomic E-state index is 0.0375. The summed E-state index contributed by atoms with van der Waals surface area (Å²) in [5, 5.41) is 2.92. The summed E-state index contributed by atoms with van der Waals surface area (Å²) < 4.78 is 2.02. The van der Waals surface area contributed by atoms with E-state index in [1.807, 2.05) is 37.3 Å². The van der Waals surface area contributed by atoms with Crippen molar-refractivity contribution in [2.24, 2.45) is 0 Å². The van der Waals surface area contributed by atoms with Gasteiger partial charge >= 0.3 is 0 Å². The van der Waals surface area contributed by atoms with Crippen LogP contribution < -0.4 is 5.32 Å². The molecular formula is C13H11Br2NOS. The van der Waals surface area contributed by atoms with Gasteiger partial charge in [0, 0.05) is 11.0 Å². The molecule has 1 amide bonds. The second kappa shape index (κ2) is 5.99. The number of carbonyl (C=O) groups is 1. The van der Waals surface area contributed by atoms with Gasteiger partial charge in [0.1, 0.15) is 0 Å². The first kappa shape index (κ1) is 13.8. The lowest BCUT2D eigenvalue weighted by Gasteiger charge is -2.05. The first-order chi connectivity index (χ1) is 8.58. The highest BCUT2D eigenvalue weighted by Crippen LogP contribution is 2.27. The van der Waals surface area contributed by atoms with Gasteiger partial charge in [-0.2, -0.15) is 0 Å². The summed E-state index contributed by atoms with van der Waals surface area (Å²) in [7, 11) is 0. The Morgan fingerprint density at radius 3 is 2.67 bits per heavy atom. The Bertz CT molecular complexity index is 561. The van der Waals surface area contributed by atoms with Crippen molar-refractivity contribution in [1.82, 2.24) is 5.32 Å². The molecule has 18 heavy (non-hydrogen) atoms. The van der Waals surface area contributed by atoms with Gasteiger partial charge in [-0.15, -0.1) is 11.3 Å². The fourth-order valence-electron chi connectivity index (χ4n) is 1.48. The highest BCUT2D eigenvalue weighted by atomic mass is 79.9. The molecule has 1 aromatic carbocycles. The highest BCUT2D eigenvalue weighted by molar-refractivity contribution is 9.11. The first-order valence-electron chi connectivity index (χ1n) is 5.35. The maximum Gasteiger partial charge on any atom is 0.261 e. The van der Waals surface area contributed by atoms with Crippen LogP contribution in [0.3, 0.4) is 0 Å². The number of rotatable bonds is 3. The van der Waals surface area contributed by atoms with Crippen LogP contribution in [0.2, 0.25) is 0 Å². The predicted molar refractivity (Wildman–Crippen MR) is 82.1 cm³/mol. The Balaban J connectivity index is 2.03. The molecule has 2 rings (SSSR count). The number of thiophene rings is 1. The van der Waals surface area contributed by atoms with Gasteiger partial charge in [-0.05, 0) is 46.1 Å². The number of carbonyl (C=O) groups excluding carboxylic acids is 1. The fraction of sp³-hybridized carbons (Fsp3) is 0.154. The molecule has 2 nitrogen and oxygen atoms in total. The molecule has 0 unspecified atom stereocenters. The topological polar surface area (TPSA) is 29.1 Å². The van der Waals surface area contributed by atoms with Gasteiger partial charge in [0.15, 0.2) is 0 Å². The third-order valence-electron chi connectivity index (χ3n) is 2.48. The monoisotopic (exact) mass is 387 g/mol. The van der Waals surface area contributed by atoms with E-state index in [1.54, 1.807) is 0 Å². The van der Waals surface area contributed by atoms with Crippen molar-refractivity contribution in [2.45, 2.75) is 13.5 Å². The lowest BCUT2D eigenvalue weighted by Crippen LogP contribution is -2.21. The van der Waals surface area contributed by atoms with Gasteiger partial charge < -0.3 is 5.32 Å². The van der Waals surface area contributed by atoms with Crippen molar-refractivity contribution < 1.29 is 4.79 Å². The van der Waals surface area contributed by atoms with E-state index in [4.69, 9.17) is 0 Å². The Morgan fingerprint density at radius 1 is 1.33 bits per heavy atom. The molecule has 0 aliphatic carbocycles. The van der Waals surface area contributed by atoms with Crippen molar-refractivity contribution in [3.05, 3.63) is 54.6 Å². The molecule has 1 heterocycles. The van der Waals surface area contributed by atoms with Crippen LogP contribution in [0.25, 0.3) is 0 Å². The Morgan fingerprint density at radius 2 is 2.06 bits per heavy atom. The van der Waals surface area contributed by atoms with Crippen molar-refractivity contribution in [3.8, 4) is 0 Å². The third-order valence-corrected chi connectivity index (χ3v) is 5.39. The number of halogens is 2. The van der Waals surface area contributed by atoms with E-state index in [2.05, 4.69) is 37.2 Å². The summed E-state index contributed by atoms with van der Waals surface area (Å²) in [5.41, 5.74) is 2.16. The zero-order valence-corrected chi connectivity index (χ0v) is 13.7. The third kappa shape index (κ3) is 3.22. The molecule has 0 saturated carbocycles. The van der Waals surface area contributed by atoms with Crippen molar-refractivity contribution >= 4 is 49.1 Å². The second-order valence-corrected chi connectivity index (χ2v) is 7.07. The van der Waals surface area contributed by atoms with Gasteiger partial charge in [0.2, 0.25) is 0 Å². The van der Waals surface area contributed by atoms with Crippen LogP contribution in [0.15, 0.2) is 38.6 Å². The Kier molecular flexibility index (Phi) is 4.59. The average Bonchev–Trinajstić information content (AvgIpc) is 2.68. The minimum Gasteiger partial charge on any atom is -0.347 e. The second-order valence-electron chi connectivity index (χ2n) is 3.84. The van der Waals surface area contributed by atoms with Crippen LogP contribution in [0.5, 0.6) is 0 Å². The van der Waals surface area contributed by atoms with E-state index < -0.39 is 0 Å². The fourth-order valence-corrected chi connectivity index (χ4v) is 3.35. The molecule has 0 bridgehead atoms. The maximum atomic E-state index is 12.0. The van der Waals surface area contributed by atoms with E-state index in [0.717, 1.165) is 24.3 Å². The van der Waals surface area contributed by atoms with E-state index in [9.17, 15) is 4.79 Å². The van der Waals surface area contributed by atoms with Crippen molar-refractivity contribution in [1.29, 1.82) is 0 Å². The summed E-state index contributed by atoms with van der Waals surface area (Å²) in [6.07, 6.45) is 0. The minimum atomic E-state index is -0.0375. The summed E-state index contributed by atoms with van der Waals surface area (Å²) in [6.45, 7) is 2.50. The first-order valence-corrected chi connectivity index (χ1v) is 7.75. The van der Waals surface area contributed by atoms with E-state index >= 15 is 0 Å². The maximum absolute atomic E-state index is 12.0. The highest BCUT2D eigenvalue weighted by Gasteiger charge is 2.11. The molecule has 2 aromatic rings. The summed E-state index contributed by atoms with van der Waals surface area (Å²) in [5.74, 6) is -0.0375. The van der Waals surface area contributed by atoms with Gasteiger partial charge in [-0.25, -0.2) is 0 Å². The molecule has 0 aliphatic heterocycles. The van der Waals surface area contributed by atoms with Crippen LogP contribution in [0, 0.1) is 6.92 Å². The van der Waals surface area contributed by atoms with Crippen LogP contribution in [-0.2, 0) is 6.54 Å². The van der Waals surface area contributed by atoms with E-state index in [0.29, 0.717) is 6.54 Å². The lowest BCUT2D eigenvalue weighted by atomic mass is 10.2. The van der Waals surface area contributed by atoms with Crippen LogP contribution in [-0.4, -0.2) is 5.91 Å². The average molecular weight is 389 g/mol. The summed E-state index contributed by atoms with van der Waals surface area (Å²) in [6, 6.07) is 9.75. The van der Waals surface area contributed by atoms with Gasteiger partial charge in [-0.3, -0.25) is 4.79 Å². The number of hydrogen-bond acceptors (Lipinski definition) is 2. The SMILES string of the molecule is Cc1cc(C(=O)NCc2ccccc2Br)sc1Br. The molecule has 1 N–H and O–H groups in total. The molecule has 0 fully saturated rings. The van der Waals surface area contributed by atoms with Crippen molar-refractivity contribution in [3.63, 3.8) is 0 Å². The molecule has 0 atom stereocenters.